The minimum atomic E-state index is -0.0916. The Morgan fingerprint density at radius 2 is 1.22 bits per heavy atom. The maximum absolute atomic E-state index is 13.5. The first-order valence-electron chi connectivity index (χ1n) is 9.65. The van der Waals surface area contributed by atoms with Crippen LogP contribution in [0.25, 0.3) is 11.1 Å². The van der Waals surface area contributed by atoms with Crippen LogP contribution in [-0.4, -0.2) is 22.8 Å². The Balaban J connectivity index is 1.89. The molecule has 142 valence electrons. The third-order valence-corrected chi connectivity index (χ3v) is 7.61. The zero-order valence-corrected chi connectivity index (χ0v) is 18.0. The van der Waals surface area contributed by atoms with Gasteiger partial charge in [-0.2, -0.15) is 0 Å². The second-order valence-corrected chi connectivity index (χ2v) is 10.6. The van der Waals surface area contributed by atoms with Crippen molar-refractivity contribution in [2.45, 2.75) is 65.8 Å². The smallest absolute Gasteiger partial charge is 0.262 e. The maximum Gasteiger partial charge on any atom is 0.262 e. The molecule has 1 saturated carbocycles. The van der Waals surface area contributed by atoms with Crippen LogP contribution in [0.3, 0.4) is 0 Å². The number of carbonyl (C=O) groups excluding carboxylic acids is 2. The molecular formula is C22H25NO2S2. The zero-order valence-electron chi connectivity index (χ0n) is 16.3. The van der Waals surface area contributed by atoms with Crippen LogP contribution in [-0.2, 0) is 9.59 Å². The van der Waals surface area contributed by atoms with Gasteiger partial charge in [-0.15, -0.1) is 22.7 Å². The quantitative estimate of drug-likeness (QED) is 0.625. The number of rotatable bonds is 3. The monoisotopic (exact) mass is 399 g/mol. The van der Waals surface area contributed by atoms with Gasteiger partial charge in [-0.3, -0.25) is 14.5 Å². The van der Waals surface area contributed by atoms with Crippen LogP contribution in [0.4, 0.5) is 0 Å². The van der Waals surface area contributed by atoms with Crippen LogP contribution in [0.15, 0.2) is 12.1 Å². The minimum absolute atomic E-state index is 0.0475. The van der Waals surface area contributed by atoms with Crippen molar-refractivity contribution < 1.29 is 9.59 Å². The number of thiophene rings is 2. The molecule has 2 aromatic heterocycles. The molecule has 2 amide bonds. The van der Waals surface area contributed by atoms with E-state index in [9.17, 15) is 9.59 Å². The van der Waals surface area contributed by atoms with Gasteiger partial charge in [0.05, 0.1) is 11.1 Å². The van der Waals surface area contributed by atoms with Crippen LogP contribution in [0.1, 0.15) is 62.7 Å². The summed E-state index contributed by atoms with van der Waals surface area (Å²) in [5.41, 5.74) is 3.11. The first kappa shape index (κ1) is 18.6. The fourth-order valence-electron chi connectivity index (χ4n) is 4.48. The van der Waals surface area contributed by atoms with Crippen LogP contribution < -0.4 is 0 Å². The summed E-state index contributed by atoms with van der Waals surface area (Å²) in [7, 11) is 0. The number of amides is 2. The molecule has 3 heterocycles. The minimum Gasteiger partial charge on any atom is -0.271 e. The van der Waals surface area contributed by atoms with Crippen LogP contribution >= 0.6 is 22.7 Å². The molecule has 0 spiro atoms. The molecule has 1 aliphatic heterocycles. The van der Waals surface area contributed by atoms with Gasteiger partial charge >= 0.3 is 0 Å². The van der Waals surface area contributed by atoms with Gasteiger partial charge in [0.1, 0.15) is 0 Å². The van der Waals surface area contributed by atoms with E-state index in [-0.39, 0.29) is 17.9 Å². The highest BCUT2D eigenvalue weighted by Gasteiger charge is 2.44. The summed E-state index contributed by atoms with van der Waals surface area (Å²) in [6, 6.07) is 4.19. The van der Waals surface area contributed by atoms with Gasteiger partial charge in [0.15, 0.2) is 0 Å². The van der Waals surface area contributed by atoms with Gasteiger partial charge in [0.25, 0.3) is 11.8 Å². The van der Waals surface area contributed by atoms with E-state index in [1.807, 2.05) is 13.8 Å². The Kier molecular flexibility index (Phi) is 4.85. The molecule has 27 heavy (non-hydrogen) atoms. The molecule has 0 bridgehead atoms. The standard InChI is InChI=1S/C22H25NO2S2/c1-12-10-17(14(3)26-12)19-20(18-11-13(2)27-15(18)4)22(25)23(21(19)24)16-8-6-5-7-9-16/h10-11,16H,5-9H2,1-4H3. The van der Waals surface area contributed by atoms with Gasteiger partial charge < -0.3 is 0 Å². The summed E-state index contributed by atoms with van der Waals surface area (Å²) in [4.78, 5) is 33.2. The summed E-state index contributed by atoms with van der Waals surface area (Å²) in [6.07, 6.45) is 5.26. The van der Waals surface area contributed by atoms with Crippen molar-refractivity contribution in [2.24, 2.45) is 0 Å². The summed E-state index contributed by atoms with van der Waals surface area (Å²) in [5.74, 6) is -0.183. The van der Waals surface area contributed by atoms with E-state index < -0.39 is 0 Å². The van der Waals surface area contributed by atoms with Crippen molar-refractivity contribution in [3.8, 4) is 0 Å². The second kappa shape index (κ2) is 7.02. The number of nitrogens with zero attached hydrogens (tertiary/aromatic N) is 1. The molecule has 3 nitrogen and oxygen atoms in total. The van der Waals surface area contributed by atoms with Crippen LogP contribution in [0.5, 0.6) is 0 Å². The van der Waals surface area contributed by atoms with Crippen LogP contribution in [0.2, 0.25) is 0 Å². The van der Waals surface area contributed by atoms with Gasteiger partial charge in [0.2, 0.25) is 0 Å². The molecule has 0 unspecified atom stereocenters. The fraction of sp³-hybridized carbons (Fsp3) is 0.455. The van der Waals surface area contributed by atoms with Crippen molar-refractivity contribution in [3.63, 3.8) is 0 Å². The largest absolute Gasteiger partial charge is 0.271 e. The second-order valence-electron chi connectivity index (χ2n) is 7.68. The van der Waals surface area contributed by atoms with Crippen molar-refractivity contribution in [2.75, 3.05) is 0 Å². The Labute approximate surface area is 168 Å². The normalized spacial score (nSPS) is 18.9. The van der Waals surface area contributed by atoms with Crippen molar-refractivity contribution in [3.05, 3.63) is 42.8 Å². The highest BCUT2D eigenvalue weighted by Crippen LogP contribution is 2.43. The molecule has 1 aliphatic carbocycles. The average Bonchev–Trinajstić information content (AvgIpc) is 3.21. The Morgan fingerprint density at radius 1 is 0.778 bits per heavy atom. The van der Waals surface area contributed by atoms with E-state index in [1.54, 1.807) is 27.6 Å². The third-order valence-electron chi connectivity index (χ3n) is 5.68. The topological polar surface area (TPSA) is 37.4 Å². The lowest BCUT2D eigenvalue weighted by atomic mass is 9.94. The first-order valence-corrected chi connectivity index (χ1v) is 11.3. The number of hydrogen-bond acceptors (Lipinski definition) is 4. The van der Waals surface area contributed by atoms with E-state index in [4.69, 9.17) is 0 Å². The number of hydrogen-bond donors (Lipinski definition) is 0. The van der Waals surface area contributed by atoms with Crippen molar-refractivity contribution >= 4 is 45.6 Å². The summed E-state index contributed by atoms with van der Waals surface area (Å²) < 4.78 is 0. The zero-order chi connectivity index (χ0) is 19.3. The maximum atomic E-state index is 13.5. The highest BCUT2D eigenvalue weighted by molar-refractivity contribution is 7.12. The summed E-state index contributed by atoms with van der Waals surface area (Å²) in [5, 5.41) is 0. The SMILES string of the molecule is Cc1cc(C2=C(c3cc(C)sc3C)C(=O)N(C3CCCCC3)C2=O)c(C)s1. The van der Waals surface area contributed by atoms with E-state index in [1.165, 1.54) is 16.2 Å². The molecule has 4 rings (SSSR count). The molecule has 0 saturated heterocycles. The molecule has 0 atom stereocenters. The molecule has 5 heteroatoms. The summed E-state index contributed by atoms with van der Waals surface area (Å²) in [6.45, 7) is 8.21. The van der Waals surface area contributed by atoms with Gasteiger partial charge in [0, 0.05) is 36.7 Å². The number of aryl methyl sites for hydroxylation is 4. The third kappa shape index (κ3) is 3.11. The lowest BCUT2D eigenvalue weighted by Crippen LogP contribution is -2.42. The van der Waals surface area contributed by atoms with E-state index in [0.717, 1.165) is 46.6 Å². The molecule has 0 radical (unpaired) electrons. The Hall–Kier alpha value is -1.72. The number of carbonyl (C=O) groups is 2. The van der Waals surface area contributed by atoms with Gasteiger partial charge in [-0.25, -0.2) is 0 Å². The molecule has 2 aliphatic rings. The Morgan fingerprint density at radius 3 is 1.59 bits per heavy atom. The van der Waals surface area contributed by atoms with Crippen molar-refractivity contribution in [1.29, 1.82) is 0 Å². The molecule has 2 aromatic rings. The summed E-state index contributed by atoms with van der Waals surface area (Å²) >= 11 is 3.38. The lowest BCUT2D eigenvalue weighted by molar-refractivity contribution is -0.139. The predicted molar refractivity (Wildman–Crippen MR) is 113 cm³/mol. The Bertz CT molecular complexity index is 889. The van der Waals surface area contributed by atoms with Crippen LogP contribution in [0, 0.1) is 27.7 Å². The highest BCUT2D eigenvalue weighted by atomic mass is 32.1. The fourth-order valence-corrected chi connectivity index (χ4v) is 6.34. The van der Waals surface area contributed by atoms with Crippen molar-refractivity contribution in [1.82, 2.24) is 4.90 Å². The molecule has 1 fully saturated rings. The van der Waals surface area contributed by atoms with Gasteiger partial charge in [-0.05, 0) is 52.7 Å². The molecule has 0 aromatic carbocycles. The average molecular weight is 400 g/mol. The van der Waals surface area contributed by atoms with Gasteiger partial charge in [-0.1, -0.05) is 19.3 Å². The first-order chi connectivity index (χ1) is 12.9. The van der Waals surface area contributed by atoms with E-state index >= 15 is 0 Å². The van der Waals surface area contributed by atoms with E-state index in [0.29, 0.717) is 11.1 Å². The predicted octanol–water partition coefficient (Wildman–Crippen LogP) is 5.66. The number of imide groups is 1. The van der Waals surface area contributed by atoms with E-state index in [2.05, 4.69) is 26.0 Å². The lowest BCUT2D eigenvalue weighted by Gasteiger charge is -2.30. The molecule has 0 N–H and O–H groups in total. The molecular weight excluding hydrogens is 374 g/mol.